The summed E-state index contributed by atoms with van der Waals surface area (Å²) in [6.07, 6.45) is 7.86. The van der Waals surface area contributed by atoms with Crippen LogP contribution in [0, 0.1) is 6.92 Å². The molecule has 1 saturated heterocycles. The Morgan fingerprint density at radius 1 is 1.46 bits per heavy atom. The molecule has 6 heteroatoms. The number of aryl methyl sites for hydroxylation is 1. The van der Waals surface area contributed by atoms with Gasteiger partial charge in [-0.1, -0.05) is 31.3 Å². The van der Waals surface area contributed by atoms with Crippen molar-refractivity contribution in [3.8, 4) is 0 Å². The molecule has 1 aromatic rings. The van der Waals surface area contributed by atoms with Gasteiger partial charge in [0.25, 0.3) is 0 Å². The van der Waals surface area contributed by atoms with Crippen LogP contribution in [0.25, 0.3) is 0 Å². The van der Waals surface area contributed by atoms with E-state index in [1.54, 1.807) is 6.07 Å². The Hall–Kier alpha value is -1.40. The van der Waals surface area contributed by atoms with Gasteiger partial charge in [0.1, 0.15) is 5.76 Å². The van der Waals surface area contributed by atoms with E-state index in [2.05, 4.69) is 34.2 Å². The van der Waals surface area contributed by atoms with Gasteiger partial charge in [0, 0.05) is 24.2 Å². The molecule has 1 saturated carbocycles. The summed E-state index contributed by atoms with van der Waals surface area (Å²) in [6.45, 7) is 6.32. The van der Waals surface area contributed by atoms with E-state index in [4.69, 9.17) is 4.52 Å². The molecule has 6 nitrogen and oxygen atoms in total. The van der Waals surface area contributed by atoms with Crippen LogP contribution in [0.15, 0.2) is 10.6 Å². The van der Waals surface area contributed by atoms with Crippen LogP contribution in [0.3, 0.4) is 0 Å². The van der Waals surface area contributed by atoms with Crippen molar-refractivity contribution in [2.45, 2.75) is 64.0 Å². The molecule has 0 bridgehead atoms. The molecule has 1 aliphatic heterocycles. The monoisotopic (exact) mass is 334 g/mol. The van der Waals surface area contributed by atoms with E-state index < -0.39 is 0 Å². The van der Waals surface area contributed by atoms with Crippen LogP contribution in [-0.4, -0.2) is 59.1 Å². The molecule has 1 N–H and O–H groups in total. The van der Waals surface area contributed by atoms with Crippen LogP contribution in [0.1, 0.15) is 51.2 Å². The lowest BCUT2D eigenvalue weighted by Crippen LogP contribution is -2.42. The van der Waals surface area contributed by atoms with Gasteiger partial charge in [-0.15, -0.1) is 0 Å². The van der Waals surface area contributed by atoms with E-state index in [1.807, 2.05) is 6.92 Å². The van der Waals surface area contributed by atoms with Crippen LogP contribution in [0.5, 0.6) is 0 Å². The molecular formula is C18H30N4O2. The van der Waals surface area contributed by atoms with Crippen molar-refractivity contribution >= 4 is 11.7 Å². The fourth-order valence-electron chi connectivity index (χ4n) is 4.50. The summed E-state index contributed by atoms with van der Waals surface area (Å²) in [7, 11) is 2.26. The molecule has 1 atom stereocenters. The Labute approximate surface area is 144 Å². The van der Waals surface area contributed by atoms with E-state index in [-0.39, 0.29) is 5.91 Å². The summed E-state index contributed by atoms with van der Waals surface area (Å²) in [4.78, 5) is 17.2. The lowest BCUT2D eigenvalue weighted by molar-refractivity contribution is -0.117. The van der Waals surface area contributed by atoms with E-state index in [9.17, 15) is 4.79 Å². The SMILES string of the molecule is CCN(CC(=O)Nc1cc(C)on1)[C@@H]1CN(C)C2(CCCCC2)C1. The molecule has 0 radical (unpaired) electrons. The van der Waals surface area contributed by atoms with Crippen molar-refractivity contribution in [1.29, 1.82) is 0 Å². The topological polar surface area (TPSA) is 61.6 Å². The molecular weight excluding hydrogens is 304 g/mol. The predicted molar refractivity (Wildman–Crippen MR) is 94.0 cm³/mol. The molecule has 1 amide bonds. The van der Waals surface area contributed by atoms with Gasteiger partial charge in [0.05, 0.1) is 6.54 Å². The van der Waals surface area contributed by atoms with Crippen LogP contribution in [-0.2, 0) is 4.79 Å². The number of likely N-dealkylation sites (tertiary alicyclic amines) is 1. The Bertz CT molecular complexity index is 565. The fourth-order valence-corrected chi connectivity index (χ4v) is 4.50. The number of carbonyl (C=O) groups excluding carboxylic acids is 1. The quantitative estimate of drug-likeness (QED) is 0.897. The Balaban J connectivity index is 1.58. The zero-order valence-electron chi connectivity index (χ0n) is 15.2. The van der Waals surface area contributed by atoms with Gasteiger partial charge >= 0.3 is 0 Å². The number of likely N-dealkylation sites (N-methyl/N-ethyl adjacent to an activating group) is 2. The van der Waals surface area contributed by atoms with Gasteiger partial charge in [-0.3, -0.25) is 14.6 Å². The molecule has 1 aliphatic carbocycles. The number of hydrogen-bond acceptors (Lipinski definition) is 5. The van der Waals surface area contributed by atoms with E-state index in [1.165, 1.54) is 38.5 Å². The highest BCUT2D eigenvalue weighted by Gasteiger charge is 2.45. The third-order valence-corrected chi connectivity index (χ3v) is 5.86. The van der Waals surface area contributed by atoms with E-state index in [0.29, 0.717) is 29.7 Å². The molecule has 2 heterocycles. The first-order valence-electron chi connectivity index (χ1n) is 9.21. The smallest absolute Gasteiger partial charge is 0.239 e. The Morgan fingerprint density at radius 3 is 2.83 bits per heavy atom. The second kappa shape index (κ2) is 7.23. The number of hydrogen-bond donors (Lipinski definition) is 1. The van der Waals surface area contributed by atoms with Gasteiger partial charge < -0.3 is 9.84 Å². The predicted octanol–water partition coefficient (Wildman–Crippen LogP) is 2.65. The summed E-state index contributed by atoms with van der Waals surface area (Å²) < 4.78 is 5.00. The minimum absolute atomic E-state index is 0.0163. The molecule has 24 heavy (non-hydrogen) atoms. The summed E-state index contributed by atoms with van der Waals surface area (Å²) >= 11 is 0. The maximum Gasteiger partial charge on any atom is 0.239 e. The minimum atomic E-state index is -0.0163. The second-order valence-corrected chi connectivity index (χ2v) is 7.46. The highest BCUT2D eigenvalue weighted by Crippen LogP contribution is 2.41. The van der Waals surface area contributed by atoms with E-state index in [0.717, 1.165) is 13.1 Å². The fraction of sp³-hybridized carbons (Fsp3) is 0.778. The first-order valence-corrected chi connectivity index (χ1v) is 9.21. The number of rotatable bonds is 5. The van der Waals surface area contributed by atoms with Crippen molar-refractivity contribution in [2.24, 2.45) is 0 Å². The number of amides is 1. The van der Waals surface area contributed by atoms with Crippen molar-refractivity contribution in [2.75, 3.05) is 32.0 Å². The first kappa shape index (κ1) is 17.4. The lowest BCUT2D eigenvalue weighted by Gasteiger charge is -2.39. The third-order valence-electron chi connectivity index (χ3n) is 5.86. The highest BCUT2D eigenvalue weighted by atomic mass is 16.5. The third kappa shape index (κ3) is 3.64. The van der Waals surface area contributed by atoms with Crippen LogP contribution >= 0.6 is 0 Å². The average Bonchev–Trinajstić information content (AvgIpc) is 3.10. The number of aromatic nitrogens is 1. The largest absolute Gasteiger partial charge is 0.360 e. The minimum Gasteiger partial charge on any atom is -0.360 e. The van der Waals surface area contributed by atoms with Crippen molar-refractivity contribution in [3.05, 3.63) is 11.8 Å². The number of anilines is 1. The number of nitrogens with one attached hydrogen (secondary N) is 1. The zero-order chi connectivity index (χ0) is 17.2. The molecule has 2 aliphatic rings. The summed E-state index contributed by atoms with van der Waals surface area (Å²) in [5.74, 6) is 1.19. The Kier molecular flexibility index (Phi) is 5.25. The van der Waals surface area contributed by atoms with Crippen LogP contribution < -0.4 is 5.32 Å². The van der Waals surface area contributed by atoms with Crippen LogP contribution in [0.2, 0.25) is 0 Å². The van der Waals surface area contributed by atoms with Crippen LogP contribution in [0.4, 0.5) is 5.82 Å². The summed E-state index contributed by atoms with van der Waals surface area (Å²) in [5, 5.41) is 6.67. The highest BCUT2D eigenvalue weighted by molar-refractivity contribution is 5.91. The van der Waals surface area contributed by atoms with Gasteiger partial charge in [-0.05, 0) is 39.8 Å². The molecule has 1 aromatic heterocycles. The lowest BCUT2D eigenvalue weighted by atomic mass is 9.79. The maximum absolute atomic E-state index is 12.3. The summed E-state index contributed by atoms with van der Waals surface area (Å²) in [5.41, 5.74) is 0.371. The van der Waals surface area contributed by atoms with E-state index >= 15 is 0 Å². The standard InChI is InChI=1S/C18H30N4O2/c1-4-22(13-17(23)19-16-10-14(2)24-20-16)15-11-18(21(3)12-15)8-6-5-7-9-18/h10,15H,4-9,11-13H2,1-3H3,(H,19,20,23)/t15-/m0/s1. The summed E-state index contributed by atoms with van der Waals surface area (Å²) in [6, 6.07) is 2.21. The molecule has 3 rings (SSSR count). The molecule has 0 aromatic carbocycles. The number of carbonyl (C=O) groups is 1. The molecule has 0 unspecified atom stereocenters. The molecule has 134 valence electrons. The molecule has 1 spiro atoms. The average molecular weight is 334 g/mol. The zero-order valence-corrected chi connectivity index (χ0v) is 15.2. The second-order valence-electron chi connectivity index (χ2n) is 7.46. The number of nitrogens with zero attached hydrogens (tertiary/aromatic N) is 3. The van der Waals surface area contributed by atoms with Crippen molar-refractivity contribution < 1.29 is 9.32 Å². The van der Waals surface area contributed by atoms with Crippen molar-refractivity contribution in [1.82, 2.24) is 15.0 Å². The van der Waals surface area contributed by atoms with Crippen molar-refractivity contribution in [3.63, 3.8) is 0 Å². The normalized spacial score (nSPS) is 23.9. The molecule has 2 fully saturated rings. The van der Waals surface area contributed by atoms with Gasteiger partial charge in [0.2, 0.25) is 5.91 Å². The van der Waals surface area contributed by atoms with Gasteiger partial charge in [-0.2, -0.15) is 0 Å². The van der Waals surface area contributed by atoms with Gasteiger partial charge in [0.15, 0.2) is 5.82 Å². The maximum atomic E-state index is 12.3. The first-order chi connectivity index (χ1) is 11.5. The van der Waals surface area contributed by atoms with Gasteiger partial charge in [-0.25, -0.2) is 0 Å². The Morgan fingerprint density at radius 2 is 2.21 bits per heavy atom.